The van der Waals surface area contributed by atoms with Gasteiger partial charge in [0, 0.05) is 26.2 Å². The molecule has 2 amide bonds. The molecule has 2 fully saturated rings. The quantitative estimate of drug-likeness (QED) is 0.685. The maximum absolute atomic E-state index is 11.6. The average molecular weight is 213 g/mol. The minimum absolute atomic E-state index is 0.0937. The van der Waals surface area contributed by atoms with Crippen molar-refractivity contribution in [1.82, 2.24) is 15.3 Å². The zero-order valence-electron chi connectivity index (χ0n) is 9.24. The molecule has 5 heteroatoms. The second kappa shape index (κ2) is 4.81. The molecule has 1 aliphatic heterocycles. The number of hydroxylamine groups is 1. The molecule has 0 atom stereocenters. The van der Waals surface area contributed by atoms with Crippen LogP contribution in [0.15, 0.2) is 0 Å². The number of urea groups is 1. The van der Waals surface area contributed by atoms with Gasteiger partial charge in [-0.25, -0.2) is 10.3 Å². The Labute approximate surface area is 90.3 Å². The molecule has 0 bridgehead atoms. The summed E-state index contributed by atoms with van der Waals surface area (Å²) in [5.74, 6) is 0.679. The van der Waals surface area contributed by atoms with Crippen molar-refractivity contribution in [1.29, 1.82) is 0 Å². The minimum atomic E-state index is -0.0937. The van der Waals surface area contributed by atoms with E-state index < -0.39 is 0 Å². The highest BCUT2D eigenvalue weighted by Crippen LogP contribution is 2.28. The molecule has 2 rings (SSSR count). The van der Waals surface area contributed by atoms with Gasteiger partial charge >= 0.3 is 6.03 Å². The Hall–Kier alpha value is -0.810. The van der Waals surface area contributed by atoms with Crippen LogP contribution >= 0.6 is 0 Å². The summed E-state index contributed by atoms with van der Waals surface area (Å²) in [7, 11) is 2.07. The van der Waals surface area contributed by atoms with Crippen LogP contribution in [0.1, 0.15) is 12.8 Å². The van der Waals surface area contributed by atoms with Crippen molar-refractivity contribution in [3.8, 4) is 0 Å². The smallest absolute Gasteiger partial charge is 0.320 e. The molecular weight excluding hydrogens is 194 g/mol. The van der Waals surface area contributed by atoms with Crippen LogP contribution in [0.4, 0.5) is 4.79 Å². The number of carbonyl (C=O) groups is 1. The number of amides is 2. The third-order valence-electron chi connectivity index (χ3n) is 2.97. The van der Waals surface area contributed by atoms with Gasteiger partial charge in [0.05, 0.1) is 6.61 Å². The van der Waals surface area contributed by atoms with Gasteiger partial charge in [0.2, 0.25) is 0 Å². The van der Waals surface area contributed by atoms with Gasteiger partial charge in [0.25, 0.3) is 0 Å². The Morgan fingerprint density at radius 2 is 2.00 bits per heavy atom. The van der Waals surface area contributed by atoms with E-state index in [-0.39, 0.29) is 6.03 Å². The largest absolute Gasteiger partial charge is 0.341 e. The Kier molecular flexibility index (Phi) is 3.43. The normalized spacial score (nSPS) is 22.9. The second-order valence-electron chi connectivity index (χ2n) is 4.45. The lowest BCUT2D eigenvalue weighted by molar-refractivity contribution is 0.0361. The van der Waals surface area contributed by atoms with Gasteiger partial charge in [-0.15, -0.1) is 0 Å². The summed E-state index contributed by atoms with van der Waals surface area (Å²) < 4.78 is 0. The summed E-state index contributed by atoms with van der Waals surface area (Å²) in [4.78, 5) is 20.7. The van der Waals surface area contributed by atoms with Crippen LogP contribution in [0.2, 0.25) is 0 Å². The van der Waals surface area contributed by atoms with Crippen LogP contribution in [0.3, 0.4) is 0 Å². The fourth-order valence-corrected chi connectivity index (χ4v) is 1.58. The van der Waals surface area contributed by atoms with Crippen molar-refractivity contribution >= 4 is 6.03 Å². The molecule has 5 nitrogen and oxygen atoms in total. The van der Waals surface area contributed by atoms with E-state index >= 15 is 0 Å². The molecule has 1 saturated heterocycles. The number of likely N-dealkylation sites (N-methyl/N-ethyl adjacent to an activating group) is 1. The number of nitrogens with one attached hydrogen (secondary N) is 1. The minimum Gasteiger partial charge on any atom is -0.320 e. The average Bonchev–Trinajstić information content (AvgIpc) is 3.02. The molecule has 1 aliphatic carbocycles. The van der Waals surface area contributed by atoms with Crippen LogP contribution in [0.25, 0.3) is 0 Å². The molecule has 2 aliphatic rings. The first-order valence-electron chi connectivity index (χ1n) is 5.61. The molecule has 0 aromatic rings. The molecule has 1 heterocycles. The predicted octanol–water partition coefficient (Wildman–Crippen LogP) is 0.285. The lowest BCUT2D eigenvalue weighted by atomic mass is 10.3. The van der Waals surface area contributed by atoms with Crippen molar-refractivity contribution in [2.24, 2.45) is 5.92 Å². The van der Waals surface area contributed by atoms with Crippen molar-refractivity contribution in [2.75, 3.05) is 39.8 Å². The molecule has 0 radical (unpaired) electrons. The van der Waals surface area contributed by atoms with E-state index in [0.717, 1.165) is 26.2 Å². The molecule has 0 aromatic heterocycles. The van der Waals surface area contributed by atoms with Gasteiger partial charge in [-0.1, -0.05) is 0 Å². The van der Waals surface area contributed by atoms with Gasteiger partial charge in [0.15, 0.2) is 0 Å². The van der Waals surface area contributed by atoms with Gasteiger partial charge in [-0.05, 0) is 25.8 Å². The van der Waals surface area contributed by atoms with E-state index in [1.54, 1.807) is 4.90 Å². The fourth-order valence-electron chi connectivity index (χ4n) is 1.58. The van der Waals surface area contributed by atoms with Crippen molar-refractivity contribution in [3.05, 3.63) is 0 Å². The Bertz CT molecular complexity index is 223. The maximum atomic E-state index is 11.6. The molecule has 0 unspecified atom stereocenters. The Balaban J connectivity index is 1.61. The summed E-state index contributed by atoms with van der Waals surface area (Å²) in [6.45, 7) is 4.12. The number of nitrogens with zero attached hydrogens (tertiary/aromatic N) is 2. The molecule has 15 heavy (non-hydrogen) atoms. The van der Waals surface area contributed by atoms with E-state index in [0.29, 0.717) is 12.5 Å². The number of hydrogen-bond acceptors (Lipinski definition) is 3. The van der Waals surface area contributed by atoms with Gasteiger partial charge in [0.1, 0.15) is 0 Å². The summed E-state index contributed by atoms with van der Waals surface area (Å²) in [5.41, 5.74) is 2.51. The van der Waals surface area contributed by atoms with Crippen molar-refractivity contribution < 1.29 is 9.63 Å². The molecule has 86 valence electrons. The van der Waals surface area contributed by atoms with Crippen LogP contribution < -0.4 is 5.48 Å². The summed E-state index contributed by atoms with van der Waals surface area (Å²) in [6.07, 6.45) is 2.48. The highest BCUT2D eigenvalue weighted by molar-refractivity contribution is 5.73. The first-order valence-corrected chi connectivity index (χ1v) is 5.61. The molecular formula is C10H19N3O2. The first kappa shape index (κ1) is 10.7. The first-order chi connectivity index (χ1) is 7.25. The summed E-state index contributed by atoms with van der Waals surface area (Å²) in [6, 6.07) is -0.0937. The number of carbonyl (C=O) groups excluding carboxylic acids is 1. The zero-order valence-corrected chi connectivity index (χ0v) is 9.24. The van der Waals surface area contributed by atoms with E-state index in [1.165, 1.54) is 12.8 Å². The molecule has 1 saturated carbocycles. The summed E-state index contributed by atoms with van der Waals surface area (Å²) >= 11 is 0. The molecule has 0 spiro atoms. The SMILES string of the molecule is CN1CCN(C(=O)NOCC2CC2)CC1. The number of rotatable bonds is 3. The topological polar surface area (TPSA) is 44.8 Å². The third kappa shape index (κ3) is 3.35. The standard InChI is InChI=1S/C10H19N3O2/c1-12-4-6-13(7-5-12)10(14)11-15-8-9-2-3-9/h9H,2-8H2,1H3,(H,11,14). The van der Waals surface area contributed by atoms with E-state index in [9.17, 15) is 4.79 Å². The fraction of sp³-hybridized carbons (Fsp3) is 0.900. The Morgan fingerprint density at radius 1 is 1.33 bits per heavy atom. The van der Waals surface area contributed by atoms with Gasteiger partial charge in [-0.2, -0.15) is 0 Å². The Morgan fingerprint density at radius 3 is 2.60 bits per heavy atom. The van der Waals surface area contributed by atoms with E-state index in [2.05, 4.69) is 17.4 Å². The van der Waals surface area contributed by atoms with E-state index in [4.69, 9.17) is 4.84 Å². The highest BCUT2D eigenvalue weighted by Gasteiger charge is 2.23. The number of piperazine rings is 1. The highest BCUT2D eigenvalue weighted by atomic mass is 16.7. The zero-order chi connectivity index (χ0) is 10.7. The lowest BCUT2D eigenvalue weighted by Gasteiger charge is -2.32. The number of hydrogen-bond donors (Lipinski definition) is 1. The van der Waals surface area contributed by atoms with E-state index in [1.807, 2.05) is 0 Å². The predicted molar refractivity (Wildman–Crippen MR) is 56.3 cm³/mol. The third-order valence-corrected chi connectivity index (χ3v) is 2.97. The molecule has 0 aromatic carbocycles. The van der Waals surface area contributed by atoms with Crippen LogP contribution in [-0.2, 0) is 4.84 Å². The van der Waals surface area contributed by atoms with Crippen LogP contribution in [0.5, 0.6) is 0 Å². The summed E-state index contributed by atoms with van der Waals surface area (Å²) in [5, 5.41) is 0. The van der Waals surface area contributed by atoms with Crippen molar-refractivity contribution in [3.63, 3.8) is 0 Å². The maximum Gasteiger partial charge on any atom is 0.341 e. The van der Waals surface area contributed by atoms with Crippen LogP contribution in [-0.4, -0.2) is 55.7 Å². The monoisotopic (exact) mass is 213 g/mol. The van der Waals surface area contributed by atoms with Gasteiger partial charge < -0.3 is 9.80 Å². The van der Waals surface area contributed by atoms with Gasteiger partial charge in [-0.3, -0.25) is 4.84 Å². The lowest BCUT2D eigenvalue weighted by Crippen LogP contribution is -2.50. The van der Waals surface area contributed by atoms with Crippen LogP contribution in [0, 0.1) is 5.92 Å². The second-order valence-corrected chi connectivity index (χ2v) is 4.45. The van der Waals surface area contributed by atoms with Crippen molar-refractivity contribution in [2.45, 2.75) is 12.8 Å². The molecule has 1 N–H and O–H groups in total.